The summed E-state index contributed by atoms with van der Waals surface area (Å²) in [5.41, 5.74) is -0.271. The molecule has 0 aliphatic rings. The third-order valence-electron chi connectivity index (χ3n) is 4.36. The third-order valence-corrected chi connectivity index (χ3v) is 6.92. The molecule has 0 radical (unpaired) electrons. The quantitative estimate of drug-likeness (QED) is 0.522. The van der Waals surface area contributed by atoms with Crippen LogP contribution in [-0.2, 0) is 26.5 Å². The molecule has 0 unspecified atom stereocenters. The minimum absolute atomic E-state index is 0.0694. The Morgan fingerprint density at radius 3 is 1.84 bits per heavy atom. The van der Waals surface area contributed by atoms with E-state index in [1.165, 1.54) is 43.8 Å². The Hall–Kier alpha value is -2.92. The lowest BCUT2D eigenvalue weighted by atomic mass is 10.0. The Morgan fingerprint density at radius 2 is 1.47 bits per heavy atom. The predicted molar refractivity (Wildman–Crippen MR) is 115 cm³/mol. The fourth-order valence-corrected chi connectivity index (χ4v) is 5.11. The molecule has 0 aliphatic heterocycles. The fraction of sp³-hybridized carbons (Fsp3) is 0.400. The molecule has 1 aromatic carbocycles. The summed E-state index contributed by atoms with van der Waals surface area (Å²) in [6.45, 7) is 6.03. The highest BCUT2D eigenvalue weighted by atomic mass is 35.5. The molecule has 0 N–H and O–H groups in total. The van der Waals surface area contributed by atoms with Crippen molar-refractivity contribution < 1.29 is 32.3 Å². The summed E-state index contributed by atoms with van der Waals surface area (Å²) in [5, 5.41) is 3.83. The molecule has 1 heterocycles. The van der Waals surface area contributed by atoms with Crippen molar-refractivity contribution in [3.8, 4) is 0 Å². The van der Waals surface area contributed by atoms with E-state index in [2.05, 4.69) is 5.10 Å². The van der Waals surface area contributed by atoms with Gasteiger partial charge in [0.05, 0.1) is 30.0 Å². The van der Waals surface area contributed by atoms with Gasteiger partial charge in [0, 0.05) is 19.2 Å². The number of benzene rings is 1. The molecule has 1 aromatic heterocycles. The molecular weight excluding hydrogens is 462 g/mol. The zero-order valence-electron chi connectivity index (χ0n) is 18.3. The van der Waals surface area contributed by atoms with E-state index >= 15 is 0 Å². The number of hydrogen-bond donors (Lipinski definition) is 0. The number of ether oxygens (including phenoxy) is 2. The first-order chi connectivity index (χ1) is 15.0. The van der Waals surface area contributed by atoms with Crippen LogP contribution < -0.4 is 0 Å². The summed E-state index contributed by atoms with van der Waals surface area (Å²) in [4.78, 5) is 37.5. The van der Waals surface area contributed by atoms with Crippen LogP contribution in [0.3, 0.4) is 0 Å². The molecule has 0 aliphatic carbocycles. The SMILES string of the molecule is CCOC(=O)c1cc(C(=O)OCC)cc(C(=O)N(CC)S(=O)(=O)c2c(C)nn(C)c2Cl)c1. The molecule has 0 bridgehead atoms. The number of carbonyl (C=O) groups excluding carboxylic acids is 3. The lowest BCUT2D eigenvalue weighted by Gasteiger charge is -2.21. The van der Waals surface area contributed by atoms with E-state index in [0.717, 1.165) is 0 Å². The number of carbonyl (C=O) groups is 3. The van der Waals surface area contributed by atoms with E-state index < -0.39 is 27.9 Å². The Bertz CT molecular complexity index is 1120. The van der Waals surface area contributed by atoms with E-state index in [9.17, 15) is 22.8 Å². The lowest BCUT2D eigenvalue weighted by Crippen LogP contribution is -2.37. The molecule has 0 fully saturated rings. The number of aromatic nitrogens is 2. The van der Waals surface area contributed by atoms with Crippen molar-refractivity contribution in [1.29, 1.82) is 0 Å². The van der Waals surface area contributed by atoms with Crippen LogP contribution in [0.2, 0.25) is 5.15 Å². The second-order valence-electron chi connectivity index (χ2n) is 6.54. The summed E-state index contributed by atoms with van der Waals surface area (Å²) in [6.07, 6.45) is 0. The highest BCUT2D eigenvalue weighted by molar-refractivity contribution is 7.89. The molecule has 2 aromatic rings. The van der Waals surface area contributed by atoms with Crippen LogP contribution in [0.25, 0.3) is 0 Å². The van der Waals surface area contributed by atoms with Crippen LogP contribution in [-0.4, -0.2) is 60.1 Å². The van der Waals surface area contributed by atoms with E-state index in [1.54, 1.807) is 13.8 Å². The van der Waals surface area contributed by atoms with Gasteiger partial charge in [0.15, 0.2) is 0 Å². The summed E-state index contributed by atoms with van der Waals surface area (Å²) in [7, 11) is -2.92. The van der Waals surface area contributed by atoms with Gasteiger partial charge in [0.2, 0.25) is 0 Å². The second kappa shape index (κ2) is 10.1. The number of halogens is 1. The molecule has 2 rings (SSSR count). The maximum absolute atomic E-state index is 13.3. The minimum Gasteiger partial charge on any atom is -0.462 e. The van der Waals surface area contributed by atoms with E-state index in [-0.39, 0.29) is 52.2 Å². The normalized spacial score (nSPS) is 11.2. The average molecular weight is 486 g/mol. The molecule has 0 saturated heterocycles. The van der Waals surface area contributed by atoms with Gasteiger partial charge in [-0.25, -0.2) is 22.3 Å². The molecule has 12 heteroatoms. The van der Waals surface area contributed by atoms with Crippen molar-refractivity contribution in [3.63, 3.8) is 0 Å². The number of nitrogens with zero attached hydrogens (tertiary/aromatic N) is 3. The number of amides is 1. The van der Waals surface area contributed by atoms with Gasteiger partial charge >= 0.3 is 11.9 Å². The molecule has 0 saturated carbocycles. The molecular formula is C20H24ClN3O7S. The van der Waals surface area contributed by atoms with Crippen LogP contribution >= 0.6 is 11.6 Å². The standard InChI is InChI=1S/C20H24ClN3O7S/c1-6-24(32(28,29)16-12(4)22-23(5)17(16)21)18(25)13-9-14(19(26)30-7-2)11-15(10-13)20(27)31-8-3/h9-11H,6-8H2,1-5H3. The molecule has 0 atom stereocenters. The number of esters is 2. The first kappa shape index (κ1) is 25.3. The maximum Gasteiger partial charge on any atom is 0.338 e. The van der Waals surface area contributed by atoms with Gasteiger partial charge < -0.3 is 9.47 Å². The zero-order valence-corrected chi connectivity index (χ0v) is 19.9. The smallest absolute Gasteiger partial charge is 0.338 e. The first-order valence-electron chi connectivity index (χ1n) is 9.74. The van der Waals surface area contributed by atoms with E-state index in [0.29, 0.717) is 4.31 Å². The Morgan fingerprint density at radius 1 is 1.00 bits per heavy atom. The van der Waals surface area contributed by atoms with Gasteiger partial charge in [-0.2, -0.15) is 5.10 Å². The van der Waals surface area contributed by atoms with Gasteiger partial charge in [-0.05, 0) is 45.9 Å². The number of aryl methyl sites for hydroxylation is 2. The summed E-state index contributed by atoms with van der Waals surface area (Å²) in [5.74, 6) is -2.50. The highest BCUT2D eigenvalue weighted by Gasteiger charge is 2.35. The van der Waals surface area contributed by atoms with Crippen molar-refractivity contribution >= 4 is 39.5 Å². The minimum atomic E-state index is -4.39. The summed E-state index contributed by atoms with van der Waals surface area (Å²) < 4.78 is 38.2. The van der Waals surface area contributed by atoms with Gasteiger partial charge in [-0.3, -0.25) is 9.48 Å². The van der Waals surface area contributed by atoms with E-state index in [1.807, 2.05) is 0 Å². The van der Waals surface area contributed by atoms with Crippen molar-refractivity contribution in [2.45, 2.75) is 32.6 Å². The number of sulfonamides is 1. The molecule has 1 amide bonds. The highest BCUT2D eigenvalue weighted by Crippen LogP contribution is 2.28. The fourth-order valence-electron chi connectivity index (χ4n) is 3.00. The zero-order chi connectivity index (χ0) is 24.2. The van der Waals surface area contributed by atoms with Crippen molar-refractivity contribution in [3.05, 3.63) is 45.7 Å². The average Bonchev–Trinajstić information content (AvgIpc) is 3.00. The van der Waals surface area contributed by atoms with Crippen LogP contribution in [0.15, 0.2) is 23.1 Å². The van der Waals surface area contributed by atoms with Crippen molar-refractivity contribution in [2.24, 2.45) is 7.05 Å². The summed E-state index contributed by atoms with van der Waals surface area (Å²) >= 11 is 6.11. The van der Waals surface area contributed by atoms with Crippen molar-refractivity contribution in [2.75, 3.05) is 19.8 Å². The maximum atomic E-state index is 13.3. The molecule has 32 heavy (non-hydrogen) atoms. The van der Waals surface area contributed by atoms with E-state index in [4.69, 9.17) is 21.1 Å². The van der Waals surface area contributed by atoms with Gasteiger partial charge in [-0.1, -0.05) is 11.6 Å². The van der Waals surface area contributed by atoms with Crippen LogP contribution in [0.1, 0.15) is 57.5 Å². The molecule has 10 nitrogen and oxygen atoms in total. The number of rotatable bonds is 8. The Kier molecular flexibility index (Phi) is 8.02. The summed E-state index contributed by atoms with van der Waals surface area (Å²) in [6, 6.07) is 3.55. The van der Waals surface area contributed by atoms with Crippen LogP contribution in [0.5, 0.6) is 0 Å². The Balaban J connectivity index is 2.62. The number of hydrogen-bond acceptors (Lipinski definition) is 8. The van der Waals surface area contributed by atoms with Crippen LogP contribution in [0, 0.1) is 6.92 Å². The Labute approximate surface area is 191 Å². The third kappa shape index (κ3) is 4.94. The topological polar surface area (TPSA) is 125 Å². The second-order valence-corrected chi connectivity index (χ2v) is 8.70. The van der Waals surface area contributed by atoms with Gasteiger partial charge in [0.1, 0.15) is 10.0 Å². The monoisotopic (exact) mass is 485 g/mol. The molecule has 174 valence electrons. The largest absolute Gasteiger partial charge is 0.462 e. The first-order valence-corrected chi connectivity index (χ1v) is 11.6. The van der Waals surface area contributed by atoms with Crippen LogP contribution in [0.4, 0.5) is 0 Å². The van der Waals surface area contributed by atoms with Gasteiger partial charge in [0.25, 0.3) is 15.9 Å². The molecule has 0 spiro atoms. The van der Waals surface area contributed by atoms with Crippen molar-refractivity contribution in [1.82, 2.24) is 14.1 Å². The lowest BCUT2D eigenvalue weighted by molar-refractivity contribution is 0.0525. The predicted octanol–water partition coefficient (Wildman–Crippen LogP) is 2.59. The van der Waals surface area contributed by atoms with Gasteiger partial charge in [-0.15, -0.1) is 0 Å².